The predicted octanol–water partition coefficient (Wildman–Crippen LogP) is 3.32. The molecule has 0 aliphatic carbocycles. The van der Waals surface area contributed by atoms with Gasteiger partial charge >= 0.3 is 0 Å². The van der Waals surface area contributed by atoms with Crippen LogP contribution in [0.2, 0.25) is 0 Å². The molecule has 1 aromatic carbocycles. The van der Waals surface area contributed by atoms with Crippen LogP contribution in [0.25, 0.3) is 0 Å². The normalized spacial score (nSPS) is 19.2. The minimum Gasteiger partial charge on any atom is -0.484 e. The number of carbonyl (C=O) groups excluding carboxylic acids is 1. The van der Waals surface area contributed by atoms with Crippen LogP contribution in [-0.2, 0) is 0 Å². The van der Waals surface area contributed by atoms with Crippen molar-refractivity contribution in [2.75, 3.05) is 0 Å². The lowest BCUT2D eigenvalue weighted by Gasteiger charge is -2.25. The molecule has 0 spiro atoms. The molecule has 2 rings (SSSR count). The van der Waals surface area contributed by atoms with Crippen LogP contribution in [0.15, 0.2) is 61.2 Å². The van der Waals surface area contributed by atoms with Crippen LogP contribution < -0.4 is 4.74 Å². The Morgan fingerprint density at radius 1 is 1.35 bits per heavy atom. The highest BCUT2D eigenvalue weighted by atomic mass is 16.5. The van der Waals surface area contributed by atoms with Crippen molar-refractivity contribution >= 4 is 5.78 Å². The smallest absolute Gasteiger partial charge is 0.170 e. The summed E-state index contributed by atoms with van der Waals surface area (Å²) >= 11 is 0. The van der Waals surface area contributed by atoms with Gasteiger partial charge in [0.05, 0.1) is 12.0 Å². The van der Waals surface area contributed by atoms with Crippen molar-refractivity contribution in [3.63, 3.8) is 0 Å². The predicted molar refractivity (Wildman–Crippen MR) is 68.3 cm³/mol. The van der Waals surface area contributed by atoms with Crippen LogP contribution in [0.3, 0.4) is 0 Å². The topological polar surface area (TPSA) is 26.3 Å². The highest BCUT2D eigenvalue weighted by Gasteiger charge is 2.27. The van der Waals surface area contributed by atoms with Gasteiger partial charge in [-0.2, -0.15) is 0 Å². The van der Waals surface area contributed by atoms with Gasteiger partial charge in [0.25, 0.3) is 0 Å². The molecule has 2 nitrogen and oxygen atoms in total. The van der Waals surface area contributed by atoms with E-state index < -0.39 is 0 Å². The van der Waals surface area contributed by atoms with E-state index in [2.05, 4.69) is 13.2 Å². The summed E-state index contributed by atoms with van der Waals surface area (Å²) in [7, 11) is 0. The van der Waals surface area contributed by atoms with Gasteiger partial charge in [-0.15, -0.1) is 0 Å². The second-order valence-corrected chi connectivity index (χ2v) is 3.84. The number of hydrogen-bond donors (Lipinski definition) is 0. The first-order chi connectivity index (χ1) is 8.26. The molecule has 1 aliphatic rings. The van der Waals surface area contributed by atoms with E-state index in [4.69, 9.17) is 4.74 Å². The molecule has 86 valence electrons. The molecule has 0 aromatic heterocycles. The Morgan fingerprint density at radius 3 is 2.82 bits per heavy atom. The highest BCUT2D eigenvalue weighted by molar-refractivity contribution is 6.00. The van der Waals surface area contributed by atoms with E-state index in [0.717, 1.165) is 5.57 Å². The summed E-state index contributed by atoms with van der Waals surface area (Å²) in [6.07, 6.45) is 5.29. The third-order valence-electron chi connectivity index (χ3n) is 2.75. The summed E-state index contributed by atoms with van der Waals surface area (Å²) in [5, 5.41) is 0. The third kappa shape index (κ3) is 2.21. The molecule has 0 fully saturated rings. The first-order valence-corrected chi connectivity index (χ1v) is 5.50. The molecule has 1 aliphatic heterocycles. The van der Waals surface area contributed by atoms with E-state index >= 15 is 0 Å². The summed E-state index contributed by atoms with van der Waals surface area (Å²) < 4.78 is 5.80. The zero-order chi connectivity index (χ0) is 12.3. The van der Waals surface area contributed by atoms with Gasteiger partial charge in [-0.25, -0.2) is 0 Å². The Labute approximate surface area is 101 Å². The van der Waals surface area contributed by atoms with Crippen LogP contribution in [0.1, 0.15) is 16.8 Å². The monoisotopic (exact) mass is 226 g/mol. The van der Waals surface area contributed by atoms with Crippen LogP contribution in [0.4, 0.5) is 0 Å². The molecule has 1 unspecified atom stereocenters. The van der Waals surface area contributed by atoms with Gasteiger partial charge < -0.3 is 4.74 Å². The Balaban J connectivity index is 2.34. The van der Waals surface area contributed by atoms with Crippen LogP contribution >= 0.6 is 0 Å². The average molecular weight is 226 g/mol. The first-order valence-electron chi connectivity index (χ1n) is 5.50. The molecular weight excluding hydrogens is 212 g/mol. The molecule has 0 bridgehead atoms. The van der Waals surface area contributed by atoms with Crippen molar-refractivity contribution in [1.82, 2.24) is 0 Å². The van der Waals surface area contributed by atoms with E-state index in [1.807, 2.05) is 24.3 Å². The molecule has 1 aromatic rings. The van der Waals surface area contributed by atoms with E-state index in [-0.39, 0.29) is 11.9 Å². The largest absolute Gasteiger partial charge is 0.484 e. The average Bonchev–Trinajstić information content (AvgIpc) is 2.36. The summed E-state index contributed by atoms with van der Waals surface area (Å²) in [6, 6.07) is 7.31. The van der Waals surface area contributed by atoms with Gasteiger partial charge in [-0.3, -0.25) is 4.79 Å². The zero-order valence-corrected chi connectivity index (χ0v) is 9.56. The quantitative estimate of drug-likeness (QED) is 0.739. The summed E-state index contributed by atoms with van der Waals surface area (Å²) in [5.74, 6) is 0.749. The second kappa shape index (κ2) is 4.83. The first kappa shape index (κ1) is 11.4. The standard InChI is InChI=1S/C15H14O2/c1-3-7-11(4-2)15-10-13(16)12-8-5-6-9-14(12)17-15/h3-9,15H,1-2,10H2/b11-7+. The molecule has 0 amide bonds. The third-order valence-corrected chi connectivity index (χ3v) is 2.75. The van der Waals surface area contributed by atoms with E-state index in [9.17, 15) is 4.79 Å². The van der Waals surface area contributed by atoms with Crippen molar-refractivity contribution in [2.24, 2.45) is 0 Å². The maximum atomic E-state index is 12.0. The number of para-hydroxylation sites is 1. The number of fused-ring (bicyclic) bond motifs is 1. The van der Waals surface area contributed by atoms with Crippen molar-refractivity contribution in [3.05, 3.63) is 66.8 Å². The van der Waals surface area contributed by atoms with Crippen LogP contribution in [-0.4, -0.2) is 11.9 Å². The van der Waals surface area contributed by atoms with Crippen LogP contribution in [0.5, 0.6) is 5.75 Å². The zero-order valence-electron chi connectivity index (χ0n) is 9.56. The number of Topliss-reactive ketones (excluding diaryl/α,β-unsaturated/α-hetero) is 1. The number of rotatable bonds is 3. The summed E-state index contributed by atoms with van der Waals surface area (Å²) in [6.45, 7) is 7.37. The summed E-state index contributed by atoms with van der Waals surface area (Å²) in [4.78, 5) is 12.0. The number of allylic oxidation sites excluding steroid dienone is 2. The molecule has 1 heterocycles. The van der Waals surface area contributed by atoms with E-state index in [1.165, 1.54) is 0 Å². The molecule has 0 saturated carbocycles. The Kier molecular flexibility index (Phi) is 3.24. The van der Waals surface area contributed by atoms with Gasteiger partial charge in [0.2, 0.25) is 0 Å². The number of benzene rings is 1. The highest BCUT2D eigenvalue weighted by Crippen LogP contribution is 2.30. The van der Waals surface area contributed by atoms with Gasteiger partial charge in [0.15, 0.2) is 5.78 Å². The molecule has 1 atom stereocenters. The molecule has 2 heteroatoms. The van der Waals surface area contributed by atoms with E-state index in [0.29, 0.717) is 17.7 Å². The fourth-order valence-corrected chi connectivity index (χ4v) is 1.90. The lowest BCUT2D eigenvalue weighted by atomic mass is 9.96. The number of hydrogen-bond acceptors (Lipinski definition) is 2. The van der Waals surface area contributed by atoms with Gasteiger partial charge in [0, 0.05) is 0 Å². The minimum atomic E-state index is -0.257. The van der Waals surface area contributed by atoms with Crippen LogP contribution in [0, 0.1) is 0 Å². The van der Waals surface area contributed by atoms with Gasteiger partial charge in [-0.1, -0.05) is 43.5 Å². The lowest BCUT2D eigenvalue weighted by Crippen LogP contribution is -2.28. The fraction of sp³-hybridized carbons (Fsp3) is 0.133. The number of ketones is 1. The lowest BCUT2D eigenvalue weighted by molar-refractivity contribution is 0.0887. The van der Waals surface area contributed by atoms with Gasteiger partial charge in [0.1, 0.15) is 11.9 Å². The summed E-state index contributed by atoms with van der Waals surface area (Å²) in [5.41, 5.74) is 1.54. The van der Waals surface area contributed by atoms with Crippen molar-refractivity contribution in [2.45, 2.75) is 12.5 Å². The molecule has 17 heavy (non-hydrogen) atoms. The molecule has 0 N–H and O–H groups in total. The fourth-order valence-electron chi connectivity index (χ4n) is 1.90. The number of ether oxygens (including phenoxy) is 1. The maximum absolute atomic E-state index is 12.0. The Morgan fingerprint density at radius 2 is 2.12 bits per heavy atom. The number of carbonyl (C=O) groups is 1. The Hall–Kier alpha value is -2.09. The molecule has 0 radical (unpaired) electrons. The SMILES string of the molecule is C=C/C=C(\C=C)C1CC(=O)c2ccccc2O1. The van der Waals surface area contributed by atoms with Crippen molar-refractivity contribution in [3.8, 4) is 5.75 Å². The molecular formula is C15H14O2. The molecule has 0 saturated heterocycles. The van der Waals surface area contributed by atoms with Crippen molar-refractivity contribution in [1.29, 1.82) is 0 Å². The maximum Gasteiger partial charge on any atom is 0.170 e. The minimum absolute atomic E-state index is 0.105. The Bertz CT molecular complexity index is 497. The van der Waals surface area contributed by atoms with Gasteiger partial charge in [-0.05, 0) is 17.7 Å². The van der Waals surface area contributed by atoms with Crippen molar-refractivity contribution < 1.29 is 9.53 Å². The second-order valence-electron chi connectivity index (χ2n) is 3.84. The van der Waals surface area contributed by atoms with E-state index in [1.54, 1.807) is 18.2 Å².